The number of benzene rings is 2. The summed E-state index contributed by atoms with van der Waals surface area (Å²) < 4.78 is 18.1. The van der Waals surface area contributed by atoms with Crippen LogP contribution in [0.5, 0.6) is 17.2 Å². The van der Waals surface area contributed by atoms with Crippen LogP contribution in [0, 0.1) is 0 Å². The molecule has 0 aliphatic heterocycles. The maximum atomic E-state index is 5.40. The van der Waals surface area contributed by atoms with E-state index in [0.29, 0.717) is 35.0 Å². The molecule has 0 saturated carbocycles. The SMILES string of the molecule is COc1cc(Nc2ccnc(Nc3nc4ccccc4n3C)n2)cc(OC)c1OC. The van der Waals surface area contributed by atoms with Gasteiger partial charge in [-0.05, 0) is 18.2 Å². The van der Waals surface area contributed by atoms with E-state index in [0.717, 1.165) is 16.7 Å². The van der Waals surface area contributed by atoms with E-state index in [1.807, 2.05) is 48.0 Å². The Bertz CT molecular complexity index is 1170. The predicted molar refractivity (Wildman–Crippen MR) is 115 cm³/mol. The Morgan fingerprint density at radius 1 is 0.867 bits per heavy atom. The summed E-state index contributed by atoms with van der Waals surface area (Å²) in [6.45, 7) is 0. The van der Waals surface area contributed by atoms with Crippen LogP contribution in [0.3, 0.4) is 0 Å². The van der Waals surface area contributed by atoms with Crippen molar-refractivity contribution in [3.63, 3.8) is 0 Å². The van der Waals surface area contributed by atoms with Gasteiger partial charge >= 0.3 is 0 Å². The first kappa shape index (κ1) is 19.3. The highest BCUT2D eigenvalue weighted by molar-refractivity contribution is 5.79. The summed E-state index contributed by atoms with van der Waals surface area (Å²) >= 11 is 0. The van der Waals surface area contributed by atoms with Crippen molar-refractivity contribution in [2.75, 3.05) is 32.0 Å². The monoisotopic (exact) mass is 406 g/mol. The van der Waals surface area contributed by atoms with Gasteiger partial charge in [0.1, 0.15) is 5.82 Å². The molecular weight excluding hydrogens is 384 g/mol. The molecule has 4 aromatic rings. The minimum absolute atomic E-state index is 0.422. The Morgan fingerprint density at radius 3 is 2.27 bits per heavy atom. The summed E-state index contributed by atoms with van der Waals surface area (Å²) in [7, 11) is 6.65. The lowest BCUT2D eigenvalue weighted by molar-refractivity contribution is 0.324. The van der Waals surface area contributed by atoms with Crippen LogP contribution in [0.1, 0.15) is 0 Å². The maximum Gasteiger partial charge on any atom is 0.231 e. The Kier molecular flexibility index (Phi) is 5.25. The fraction of sp³-hybridized carbons (Fsp3) is 0.190. The molecule has 0 saturated heterocycles. The second kappa shape index (κ2) is 8.16. The standard InChI is InChI=1S/C21H22N6O3/c1-27-15-8-6-5-7-14(15)24-21(27)26-20-22-10-9-18(25-20)23-13-11-16(28-2)19(30-4)17(12-13)29-3/h5-12H,1-4H3,(H2,22,23,24,25,26). The molecule has 9 heteroatoms. The zero-order chi connectivity index (χ0) is 21.1. The molecule has 30 heavy (non-hydrogen) atoms. The number of hydrogen-bond donors (Lipinski definition) is 2. The van der Waals surface area contributed by atoms with E-state index in [1.54, 1.807) is 33.6 Å². The number of para-hydroxylation sites is 2. The van der Waals surface area contributed by atoms with Gasteiger partial charge in [-0.3, -0.25) is 5.32 Å². The number of imidazole rings is 1. The van der Waals surface area contributed by atoms with Crippen LogP contribution in [0.2, 0.25) is 0 Å². The smallest absolute Gasteiger partial charge is 0.231 e. The van der Waals surface area contributed by atoms with Crippen molar-refractivity contribution in [1.29, 1.82) is 0 Å². The number of rotatable bonds is 7. The molecule has 0 spiro atoms. The van der Waals surface area contributed by atoms with Crippen molar-refractivity contribution in [2.24, 2.45) is 7.05 Å². The van der Waals surface area contributed by atoms with Gasteiger partial charge in [0.25, 0.3) is 0 Å². The van der Waals surface area contributed by atoms with E-state index in [1.165, 1.54) is 0 Å². The normalized spacial score (nSPS) is 10.7. The molecule has 154 valence electrons. The molecule has 2 heterocycles. The predicted octanol–water partition coefficient (Wildman–Crippen LogP) is 3.88. The minimum atomic E-state index is 0.422. The lowest BCUT2D eigenvalue weighted by Gasteiger charge is -2.15. The second-order valence-corrected chi connectivity index (χ2v) is 6.41. The molecule has 0 aliphatic rings. The van der Waals surface area contributed by atoms with E-state index < -0.39 is 0 Å². The number of fused-ring (bicyclic) bond motifs is 1. The van der Waals surface area contributed by atoms with Gasteiger partial charge in [0.15, 0.2) is 11.5 Å². The molecule has 0 fully saturated rings. The fourth-order valence-corrected chi connectivity index (χ4v) is 3.15. The molecule has 0 unspecified atom stereocenters. The fourth-order valence-electron chi connectivity index (χ4n) is 3.15. The summed E-state index contributed by atoms with van der Waals surface area (Å²) in [4.78, 5) is 13.4. The molecule has 0 atom stereocenters. The summed E-state index contributed by atoms with van der Waals surface area (Å²) in [6.07, 6.45) is 1.66. The van der Waals surface area contributed by atoms with E-state index in [2.05, 4.69) is 25.6 Å². The highest BCUT2D eigenvalue weighted by Crippen LogP contribution is 2.40. The van der Waals surface area contributed by atoms with Gasteiger partial charge in [-0.2, -0.15) is 4.98 Å². The summed E-state index contributed by atoms with van der Waals surface area (Å²) in [6, 6.07) is 13.3. The number of aryl methyl sites for hydroxylation is 1. The number of nitrogens with one attached hydrogen (secondary N) is 2. The van der Waals surface area contributed by atoms with E-state index in [-0.39, 0.29) is 0 Å². The van der Waals surface area contributed by atoms with Crippen molar-refractivity contribution in [3.05, 3.63) is 48.7 Å². The molecule has 0 radical (unpaired) electrons. The largest absolute Gasteiger partial charge is 0.493 e. The average molecular weight is 406 g/mol. The molecule has 9 nitrogen and oxygen atoms in total. The quantitative estimate of drug-likeness (QED) is 0.477. The molecule has 4 rings (SSSR count). The van der Waals surface area contributed by atoms with Gasteiger partial charge < -0.3 is 24.1 Å². The third kappa shape index (κ3) is 3.64. The Hall–Kier alpha value is -4.01. The zero-order valence-corrected chi connectivity index (χ0v) is 17.1. The molecule has 2 aromatic heterocycles. The molecule has 2 aromatic carbocycles. The van der Waals surface area contributed by atoms with Crippen LogP contribution in [-0.4, -0.2) is 40.8 Å². The number of nitrogens with zero attached hydrogens (tertiary/aromatic N) is 4. The molecular formula is C21H22N6O3. The van der Waals surface area contributed by atoms with Crippen LogP contribution in [0.25, 0.3) is 11.0 Å². The van der Waals surface area contributed by atoms with E-state index in [9.17, 15) is 0 Å². The number of anilines is 4. The molecule has 0 bridgehead atoms. The lowest BCUT2D eigenvalue weighted by atomic mass is 10.2. The summed E-state index contributed by atoms with van der Waals surface area (Å²) in [5.41, 5.74) is 2.65. The van der Waals surface area contributed by atoms with Crippen molar-refractivity contribution >= 4 is 34.4 Å². The first-order valence-corrected chi connectivity index (χ1v) is 9.21. The lowest BCUT2D eigenvalue weighted by Crippen LogP contribution is -2.04. The minimum Gasteiger partial charge on any atom is -0.493 e. The molecule has 2 N–H and O–H groups in total. The van der Waals surface area contributed by atoms with E-state index in [4.69, 9.17) is 14.2 Å². The highest BCUT2D eigenvalue weighted by Gasteiger charge is 2.14. The number of ether oxygens (including phenoxy) is 3. The third-order valence-electron chi connectivity index (χ3n) is 4.60. The van der Waals surface area contributed by atoms with Crippen molar-refractivity contribution in [3.8, 4) is 17.2 Å². The first-order valence-electron chi connectivity index (χ1n) is 9.21. The van der Waals surface area contributed by atoms with Crippen LogP contribution in [0.15, 0.2) is 48.7 Å². The van der Waals surface area contributed by atoms with Gasteiger partial charge in [0, 0.05) is 31.1 Å². The first-order chi connectivity index (χ1) is 14.6. The van der Waals surface area contributed by atoms with Gasteiger partial charge in [0.2, 0.25) is 17.6 Å². The zero-order valence-electron chi connectivity index (χ0n) is 17.1. The molecule has 0 amide bonds. The summed E-state index contributed by atoms with van der Waals surface area (Å²) in [5.74, 6) is 3.29. The van der Waals surface area contributed by atoms with Crippen LogP contribution in [0.4, 0.5) is 23.4 Å². The average Bonchev–Trinajstić information content (AvgIpc) is 3.08. The highest BCUT2D eigenvalue weighted by atomic mass is 16.5. The Labute approximate surface area is 173 Å². The second-order valence-electron chi connectivity index (χ2n) is 6.41. The van der Waals surface area contributed by atoms with E-state index >= 15 is 0 Å². The van der Waals surface area contributed by atoms with Crippen molar-refractivity contribution < 1.29 is 14.2 Å². The number of hydrogen-bond acceptors (Lipinski definition) is 8. The maximum absolute atomic E-state index is 5.40. The van der Waals surface area contributed by atoms with Gasteiger partial charge in [-0.15, -0.1) is 0 Å². The Morgan fingerprint density at radius 2 is 1.60 bits per heavy atom. The van der Waals surface area contributed by atoms with Crippen LogP contribution >= 0.6 is 0 Å². The van der Waals surface area contributed by atoms with Crippen molar-refractivity contribution in [1.82, 2.24) is 19.5 Å². The van der Waals surface area contributed by atoms with Crippen molar-refractivity contribution in [2.45, 2.75) is 0 Å². The van der Waals surface area contributed by atoms with Gasteiger partial charge in [-0.25, -0.2) is 9.97 Å². The third-order valence-corrected chi connectivity index (χ3v) is 4.60. The number of aromatic nitrogens is 4. The number of methoxy groups -OCH3 is 3. The Balaban J connectivity index is 1.60. The van der Waals surface area contributed by atoms with Gasteiger partial charge in [-0.1, -0.05) is 12.1 Å². The van der Waals surface area contributed by atoms with Crippen LogP contribution in [-0.2, 0) is 7.05 Å². The molecule has 0 aliphatic carbocycles. The van der Waals surface area contributed by atoms with Gasteiger partial charge in [0.05, 0.1) is 32.4 Å². The van der Waals surface area contributed by atoms with Crippen LogP contribution < -0.4 is 24.8 Å². The topological polar surface area (TPSA) is 95.4 Å². The summed E-state index contributed by atoms with van der Waals surface area (Å²) in [5, 5.41) is 6.41.